The third-order valence-electron chi connectivity index (χ3n) is 2.70. The van der Waals surface area contributed by atoms with Gasteiger partial charge in [-0.15, -0.1) is 0 Å². The fourth-order valence-electron chi connectivity index (χ4n) is 1.66. The lowest BCUT2D eigenvalue weighted by Gasteiger charge is -2.07. The maximum atomic E-state index is 13.3. The standard InChI is InChI=1S/C12H12FN3O4S/c1-16-7-8(5-14-16)6-15-21(19,20)9-2-3-11(13)10(4-9)12(17)18/h2-5,7,15H,6H2,1H3,(H,17,18). The number of carboxylic acids is 1. The number of aryl methyl sites for hydroxylation is 1. The largest absolute Gasteiger partial charge is 0.478 e. The zero-order valence-corrected chi connectivity index (χ0v) is 11.8. The summed E-state index contributed by atoms with van der Waals surface area (Å²) in [6.07, 6.45) is 3.13. The molecule has 112 valence electrons. The lowest BCUT2D eigenvalue weighted by atomic mass is 10.2. The summed E-state index contributed by atoms with van der Waals surface area (Å²) in [4.78, 5) is 10.5. The Bertz CT molecular complexity index is 786. The molecule has 0 aliphatic rings. The SMILES string of the molecule is Cn1cc(CNS(=O)(=O)c2ccc(F)c(C(=O)O)c2)cn1. The van der Waals surface area contributed by atoms with Crippen LogP contribution in [-0.4, -0.2) is 29.3 Å². The van der Waals surface area contributed by atoms with Crippen molar-refractivity contribution in [1.29, 1.82) is 0 Å². The smallest absolute Gasteiger partial charge is 0.338 e. The van der Waals surface area contributed by atoms with Crippen molar-refractivity contribution in [3.8, 4) is 0 Å². The van der Waals surface area contributed by atoms with Gasteiger partial charge in [0.05, 0.1) is 16.7 Å². The number of nitrogens with zero attached hydrogens (tertiary/aromatic N) is 2. The third kappa shape index (κ3) is 3.44. The van der Waals surface area contributed by atoms with Crippen molar-refractivity contribution in [2.75, 3.05) is 0 Å². The second-order valence-corrected chi connectivity index (χ2v) is 6.06. The van der Waals surface area contributed by atoms with Gasteiger partial charge in [0.25, 0.3) is 0 Å². The van der Waals surface area contributed by atoms with E-state index in [1.54, 1.807) is 13.2 Å². The summed E-state index contributed by atoms with van der Waals surface area (Å²) in [6, 6.07) is 2.60. The first-order valence-corrected chi connectivity index (χ1v) is 7.28. The maximum absolute atomic E-state index is 13.3. The number of rotatable bonds is 5. The summed E-state index contributed by atoms with van der Waals surface area (Å²) >= 11 is 0. The van der Waals surface area contributed by atoms with Crippen LogP contribution in [0.1, 0.15) is 15.9 Å². The molecule has 0 spiro atoms. The summed E-state index contributed by atoms with van der Waals surface area (Å²) < 4.78 is 41.2. The van der Waals surface area contributed by atoms with Crippen LogP contribution in [0.3, 0.4) is 0 Å². The number of halogens is 1. The van der Waals surface area contributed by atoms with Crippen molar-refractivity contribution in [3.05, 3.63) is 47.5 Å². The molecule has 2 rings (SSSR count). The number of aromatic carboxylic acids is 1. The summed E-state index contributed by atoms with van der Waals surface area (Å²) in [6.45, 7) is -0.00401. The van der Waals surface area contributed by atoms with E-state index in [2.05, 4.69) is 9.82 Å². The minimum atomic E-state index is -3.94. The van der Waals surface area contributed by atoms with Crippen molar-refractivity contribution in [2.24, 2.45) is 7.05 Å². The molecule has 1 aromatic carbocycles. The highest BCUT2D eigenvalue weighted by molar-refractivity contribution is 7.89. The highest BCUT2D eigenvalue weighted by atomic mass is 32.2. The molecule has 21 heavy (non-hydrogen) atoms. The molecule has 0 fully saturated rings. The Morgan fingerprint density at radius 3 is 2.76 bits per heavy atom. The van der Waals surface area contributed by atoms with E-state index in [1.807, 2.05) is 0 Å². The van der Waals surface area contributed by atoms with E-state index < -0.39 is 27.4 Å². The molecule has 0 saturated heterocycles. The second kappa shape index (κ2) is 5.62. The van der Waals surface area contributed by atoms with Crippen LogP contribution in [0.2, 0.25) is 0 Å². The zero-order chi connectivity index (χ0) is 15.6. The molecular formula is C12H12FN3O4S. The summed E-state index contributed by atoms with van der Waals surface area (Å²) in [5.74, 6) is -2.52. The third-order valence-corrected chi connectivity index (χ3v) is 4.10. The minimum absolute atomic E-state index is 0.00401. The molecule has 7 nitrogen and oxygen atoms in total. The first-order valence-electron chi connectivity index (χ1n) is 5.79. The van der Waals surface area contributed by atoms with E-state index >= 15 is 0 Å². The molecule has 0 saturated carbocycles. The van der Waals surface area contributed by atoms with E-state index in [0.717, 1.165) is 18.2 Å². The van der Waals surface area contributed by atoms with Gasteiger partial charge in [0.2, 0.25) is 10.0 Å². The van der Waals surface area contributed by atoms with Gasteiger partial charge in [0.1, 0.15) is 5.82 Å². The molecule has 2 aromatic rings. The highest BCUT2D eigenvalue weighted by Crippen LogP contribution is 2.15. The van der Waals surface area contributed by atoms with Gasteiger partial charge in [-0.3, -0.25) is 4.68 Å². The number of carbonyl (C=O) groups is 1. The van der Waals surface area contributed by atoms with Crippen LogP contribution in [0.15, 0.2) is 35.5 Å². The molecule has 0 aliphatic heterocycles. The van der Waals surface area contributed by atoms with E-state index in [-0.39, 0.29) is 11.4 Å². The summed E-state index contributed by atoms with van der Waals surface area (Å²) in [5.41, 5.74) is -0.0547. The number of nitrogens with one attached hydrogen (secondary N) is 1. The van der Waals surface area contributed by atoms with Gasteiger partial charge in [-0.2, -0.15) is 5.10 Å². The van der Waals surface area contributed by atoms with Crippen molar-refractivity contribution >= 4 is 16.0 Å². The van der Waals surface area contributed by atoms with E-state index in [4.69, 9.17) is 5.11 Å². The van der Waals surface area contributed by atoms with Crippen LogP contribution in [-0.2, 0) is 23.6 Å². The van der Waals surface area contributed by atoms with Crippen LogP contribution >= 0.6 is 0 Å². The van der Waals surface area contributed by atoms with Crippen LogP contribution in [0, 0.1) is 5.82 Å². The number of aromatic nitrogens is 2. The molecule has 0 unspecified atom stereocenters. The van der Waals surface area contributed by atoms with Gasteiger partial charge in [0, 0.05) is 25.4 Å². The molecule has 1 aromatic heterocycles. The fourth-order valence-corrected chi connectivity index (χ4v) is 2.70. The molecule has 1 heterocycles. The van der Waals surface area contributed by atoms with Gasteiger partial charge in [-0.05, 0) is 18.2 Å². The van der Waals surface area contributed by atoms with Crippen molar-refractivity contribution in [3.63, 3.8) is 0 Å². The Labute approximate surface area is 120 Å². The van der Waals surface area contributed by atoms with Gasteiger partial charge in [0.15, 0.2) is 0 Å². The quantitative estimate of drug-likeness (QED) is 0.847. The Hall–Kier alpha value is -2.26. The lowest BCUT2D eigenvalue weighted by Crippen LogP contribution is -2.23. The number of hydrogen-bond donors (Lipinski definition) is 2. The van der Waals surface area contributed by atoms with Gasteiger partial charge in [-0.1, -0.05) is 0 Å². The first-order chi connectivity index (χ1) is 9.79. The number of benzene rings is 1. The average molecular weight is 313 g/mol. The normalized spacial score (nSPS) is 11.5. The number of carboxylic acid groups (broad SMARTS) is 1. The molecular weight excluding hydrogens is 301 g/mol. The van der Waals surface area contributed by atoms with Crippen LogP contribution in [0.5, 0.6) is 0 Å². The average Bonchev–Trinajstić information content (AvgIpc) is 2.82. The minimum Gasteiger partial charge on any atom is -0.478 e. The molecule has 0 radical (unpaired) electrons. The predicted octanol–water partition coefficient (Wildman–Crippen LogP) is 0.736. The molecule has 9 heteroatoms. The summed E-state index contributed by atoms with van der Waals surface area (Å²) in [7, 11) is -2.25. The Morgan fingerprint density at radius 2 is 2.19 bits per heavy atom. The highest BCUT2D eigenvalue weighted by Gasteiger charge is 2.19. The maximum Gasteiger partial charge on any atom is 0.338 e. The predicted molar refractivity (Wildman–Crippen MR) is 70.6 cm³/mol. The van der Waals surface area contributed by atoms with Gasteiger partial charge >= 0.3 is 5.97 Å². The van der Waals surface area contributed by atoms with Gasteiger partial charge in [-0.25, -0.2) is 22.3 Å². The summed E-state index contributed by atoms with van der Waals surface area (Å²) in [5, 5.41) is 12.7. The monoisotopic (exact) mass is 313 g/mol. The van der Waals surface area contributed by atoms with Crippen molar-refractivity contribution < 1.29 is 22.7 Å². The van der Waals surface area contributed by atoms with E-state index in [9.17, 15) is 17.6 Å². The zero-order valence-electron chi connectivity index (χ0n) is 10.9. The van der Waals surface area contributed by atoms with E-state index in [1.165, 1.54) is 10.9 Å². The molecule has 0 bridgehead atoms. The van der Waals surface area contributed by atoms with Crippen LogP contribution in [0.4, 0.5) is 4.39 Å². The number of hydrogen-bond acceptors (Lipinski definition) is 4. The number of sulfonamides is 1. The van der Waals surface area contributed by atoms with Crippen molar-refractivity contribution in [1.82, 2.24) is 14.5 Å². The molecule has 0 atom stereocenters. The second-order valence-electron chi connectivity index (χ2n) is 4.29. The molecule has 0 amide bonds. The molecule has 0 aliphatic carbocycles. The topological polar surface area (TPSA) is 101 Å². The van der Waals surface area contributed by atoms with E-state index in [0.29, 0.717) is 5.56 Å². The Kier molecular flexibility index (Phi) is 4.05. The first kappa shape index (κ1) is 15.1. The van der Waals surface area contributed by atoms with Crippen LogP contribution < -0.4 is 4.72 Å². The fraction of sp³-hybridized carbons (Fsp3) is 0.167. The lowest BCUT2D eigenvalue weighted by molar-refractivity contribution is 0.0691. The van der Waals surface area contributed by atoms with Gasteiger partial charge < -0.3 is 5.11 Å². The molecule has 2 N–H and O–H groups in total. The Balaban J connectivity index is 2.23. The van der Waals surface area contributed by atoms with Crippen molar-refractivity contribution in [2.45, 2.75) is 11.4 Å². The Morgan fingerprint density at radius 1 is 1.48 bits per heavy atom. The van der Waals surface area contributed by atoms with Crippen LogP contribution in [0.25, 0.3) is 0 Å².